The number of carbonyl (C=O) groups is 2. The number of ether oxygens (including phenoxy) is 2. The maximum absolute atomic E-state index is 13.5. The number of sulfonamides is 1. The molecule has 0 spiro atoms. The molecule has 0 atom stereocenters. The normalized spacial score (nSPS) is 14.6. The number of benzene rings is 2. The fourth-order valence-corrected chi connectivity index (χ4v) is 5.17. The Morgan fingerprint density at radius 1 is 1.09 bits per heavy atom. The van der Waals surface area contributed by atoms with E-state index in [9.17, 15) is 18.0 Å². The van der Waals surface area contributed by atoms with Crippen molar-refractivity contribution in [1.29, 1.82) is 0 Å². The van der Waals surface area contributed by atoms with E-state index in [0.29, 0.717) is 44.0 Å². The van der Waals surface area contributed by atoms with Crippen molar-refractivity contribution in [2.24, 2.45) is 5.92 Å². The first-order chi connectivity index (χ1) is 15.8. The van der Waals surface area contributed by atoms with Gasteiger partial charge < -0.3 is 14.4 Å². The van der Waals surface area contributed by atoms with E-state index in [1.54, 1.807) is 48.2 Å². The summed E-state index contributed by atoms with van der Waals surface area (Å²) in [7, 11) is -2.51. The van der Waals surface area contributed by atoms with Crippen molar-refractivity contribution < 1.29 is 27.5 Å². The van der Waals surface area contributed by atoms with Gasteiger partial charge in [-0.15, -0.1) is 0 Å². The second kappa shape index (κ2) is 10.7. The Balaban J connectivity index is 1.84. The highest BCUT2D eigenvalue weighted by molar-refractivity contribution is 7.92. The van der Waals surface area contributed by atoms with Gasteiger partial charge in [0.25, 0.3) is 10.0 Å². The van der Waals surface area contributed by atoms with E-state index in [1.165, 1.54) is 19.2 Å². The van der Waals surface area contributed by atoms with Gasteiger partial charge in [-0.3, -0.25) is 13.9 Å². The number of hydrogen-bond donors (Lipinski definition) is 0. The molecule has 8 nitrogen and oxygen atoms in total. The Labute approximate surface area is 195 Å². The van der Waals surface area contributed by atoms with Crippen molar-refractivity contribution in [2.75, 3.05) is 37.7 Å². The van der Waals surface area contributed by atoms with Gasteiger partial charge in [0.05, 0.1) is 30.2 Å². The molecule has 2 aromatic rings. The standard InChI is InChI=1S/C24H30N2O6S/c1-4-32-24(28)19-12-14-25(15-13-19)23(27)17-26(20-6-5-7-21(16-20)31-3)33(29,30)22-10-8-18(2)9-11-22/h5-11,16,19H,4,12-15,17H2,1-3H3. The molecular weight excluding hydrogens is 444 g/mol. The number of amides is 1. The van der Waals surface area contributed by atoms with Crippen LogP contribution >= 0.6 is 0 Å². The summed E-state index contributed by atoms with van der Waals surface area (Å²) in [6, 6.07) is 13.1. The van der Waals surface area contributed by atoms with E-state index in [0.717, 1.165) is 9.87 Å². The number of rotatable bonds is 8. The molecule has 0 saturated carbocycles. The van der Waals surface area contributed by atoms with Crippen LogP contribution < -0.4 is 9.04 Å². The van der Waals surface area contributed by atoms with E-state index >= 15 is 0 Å². The van der Waals surface area contributed by atoms with E-state index in [1.807, 2.05) is 6.92 Å². The van der Waals surface area contributed by atoms with Crippen molar-refractivity contribution in [1.82, 2.24) is 4.90 Å². The van der Waals surface area contributed by atoms with Crippen LogP contribution in [0.3, 0.4) is 0 Å². The molecule has 33 heavy (non-hydrogen) atoms. The third-order valence-corrected chi connectivity index (χ3v) is 7.48. The molecule has 9 heteroatoms. The van der Waals surface area contributed by atoms with Crippen LogP contribution in [-0.4, -0.2) is 58.5 Å². The molecule has 178 valence electrons. The maximum atomic E-state index is 13.5. The third-order valence-electron chi connectivity index (χ3n) is 5.70. The second-order valence-electron chi connectivity index (χ2n) is 7.93. The molecule has 1 aliphatic rings. The van der Waals surface area contributed by atoms with Crippen molar-refractivity contribution in [3.8, 4) is 5.75 Å². The highest BCUT2D eigenvalue weighted by Gasteiger charge is 2.32. The minimum absolute atomic E-state index is 0.102. The summed E-state index contributed by atoms with van der Waals surface area (Å²) < 4.78 is 38.5. The predicted molar refractivity (Wildman–Crippen MR) is 125 cm³/mol. The Morgan fingerprint density at radius 2 is 1.76 bits per heavy atom. The smallest absolute Gasteiger partial charge is 0.309 e. The van der Waals surface area contributed by atoms with E-state index < -0.39 is 10.0 Å². The largest absolute Gasteiger partial charge is 0.497 e. The fourth-order valence-electron chi connectivity index (χ4n) is 3.77. The zero-order valence-electron chi connectivity index (χ0n) is 19.2. The molecule has 0 N–H and O–H groups in total. The van der Waals surface area contributed by atoms with Crippen LogP contribution in [0.2, 0.25) is 0 Å². The van der Waals surface area contributed by atoms with Crippen LogP contribution in [0.1, 0.15) is 25.3 Å². The lowest BCUT2D eigenvalue weighted by Gasteiger charge is -2.33. The van der Waals surface area contributed by atoms with Gasteiger partial charge >= 0.3 is 5.97 Å². The van der Waals surface area contributed by atoms with Crippen LogP contribution in [0.15, 0.2) is 53.4 Å². The number of esters is 1. The molecular formula is C24H30N2O6S. The number of methoxy groups -OCH3 is 1. The van der Waals surface area contributed by atoms with Gasteiger partial charge in [-0.1, -0.05) is 23.8 Å². The van der Waals surface area contributed by atoms with Gasteiger partial charge in [0, 0.05) is 19.2 Å². The van der Waals surface area contributed by atoms with Gasteiger partial charge in [0.15, 0.2) is 0 Å². The topological polar surface area (TPSA) is 93.2 Å². The highest BCUT2D eigenvalue weighted by atomic mass is 32.2. The molecule has 0 aliphatic carbocycles. The Kier molecular flexibility index (Phi) is 7.97. The lowest BCUT2D eigenvalue weighted by Crippen LogP contribution is -2.46. The van der Waals surface area contributed by atoms with Crippen LogP contribution in [0.4, 0.5) is 5.69 Å². The molecule has 1 saturated heterocycles. The predicted octanol–water partition coefficient (Wildman–Crippen LogP) is 3.00. The summed E-state index contributed by atoms with van der Waals surface area (Å²) in [5, 5.41) is 0. The molecule has 1 heterocycles. The SMILES string of the molecule is CCOC(=O)C1CCN(C(=O)CN(c2cccc(OC)c2)S(=O)(=O)c2ccc(C)cc2)CC1. The van der Waals surface area contributed by atoms with E-state index in [4.69, 9.17) is 9.47 Å². The third kappa shape index (κ3) is 5.84. The summed E-state index contributed by atoms with van der Waals surface area (Å²) in [4.78, 5) is 26.8. The minimum atomic E-state index is -4.00. The molecule has 1 amide bonds. The minimum Gasteiger partial charge on any atom is -0.497 e. The summed E-state index contributed by atoms with van der Waals surface area (Å²) in [5.41, 5.74) is 1.27. The Hall–Kier alpha value is -3.07. The zero-order valence-corrected chi connectivity index (χ0v) is 20.0. The first-order valence-corrected chi connectivity index (χ1v) is 12.4. The summed E-state index contributed by atoms with van der Waals surface area (Å²) in [6.07, 6.45) is 0.989. The molecule has 0 unspecified atom stereocenters. The summed E-state index contributed by atoms with van der Waals surface area (Å²) in [6.45, 7) is 4.35. The van der Waals surface area contributed by atoms with Gasteiger partial charge in [0.1, 0.15) is 12.3 Å². The average molecular weight is 475 g/mol. The number of piperidine rings is 1. The Bertz CT molecular complexity index is 1080. The number of hydrogen-bond acceptors (Lipinski definition) is 6. The number of likely N-dealkylation sites (tertiary alicyclic amines) is 1. The van der Waals surface area contributed by atoms with Crippen molar-refractivity contribution >= 4 is 27.6 Å². The fraction of sp³-hybridized carbons (Fsp3) is 0.417. The Morgan fingerprint density at radius 3 is 2.36 bits per heavy atom. The van der Waals surface area contributed by atoms with Gasteiger partial charge in [-0.2, -0.15) is 0 Å². The van der Waals surface area contributed by atoms with Crippen LogP contribution in [0.5, 0.6) is 5.75 Å². The molecule has 1 fully saturated rings. The van der Waals surface area contributed by atoms with E-state index in [-0.39, 0.29) is 29.2 Å². The second-order valence-corrected chi connectivity index (χ2v) is 9.80. The monoisotopic (exact) mass is 474 g/mol. The number of carbonyl (C=O) groups excluding carboxylic acids is 2. The van der Waals surface area contributed by atoms with Crippen molar-refractivity contribution in [3.05, 3.63) is 54.1 Å². The van der Waals surface area contributed by atoms with E-state index in [2.05, 4.69) is 0 Å². The molecule has 1 aliphatic heterocycles. The quantitative estimate of drug-likeness (QED) is 0.546. The number of aryl methyl sites for hydroxylation is 1. The average Bonchev–Trinajstić information content (AvgIpc) is 2.82. The first kappa shape index (κ1) is 24.6. The molecule has 0 aromatic heterocycles. The van der Waals surface area contributed by atoms with Gasteiger partial charge in [-0.05, 0) is 51.0 Å². The first-order valence-electron chi connectivity index (χ1n) is 10.9. The van der Waals surface area contributed by atoms with Crippen molar-refractivity contribution in [3.63, 3.8) is 0 Å². The summed E-state index contributed by atoms with van der Waals surface area (Å²) in [5.74, 6) is -0.320. The maximum Gasteiger partial charge on any atom is 0.309 e. The molecule has 0 radical (unpaired) electrons. The molecule has 0 bridgehead atoms. The highest BCUT2D eigenvalue weighted by Crippen LogP contribution is 2.28. The lowest BCUT2D eigenvalue weighted by molar-refractivity contribution is -0.151. The van der Waals surface area contributed by atoms with Gasteiger partial charge in [0.2, 0.25) is 5.91 Å². The molecule has 3 rings (SSSR count). The van der Waals surface area contributed by atoms with Crippen LogP contribution in [0.25, 0.3) is 0 Å². The lowest BCUT2D eigenvalue weighted by atomic mass is 9.97. The van der Waals surface area contributed by atoms with Crippen LogP contribution in [0, 0.1) is 12.8 Å². The van der Waals surface area contributed by atoms with Crippen molar-refractivity contribution in [2.45, 2.75) is 31.6 Å². The summed E-state index contributed by atoms with van der Waals surface area (Å²) >= 11 is 0. The number of anilines is 1. The van der Waals surface area contributed by atoms with Crippen LogP contribution in [-0.2, 0) is 24.3 Å². The zero-order chi connectivity index (χ0) is 24.0. The van der Waals surface area contributed by atoms with Gasteiger partial charge in [-0.25, -0.2) is 8.42 Å². The number of nitrogens with zero attached hydrogens (tertiary/aromatic N) is 2. The molecule has 2 aromatic carbocycles.